The molecule has 1 saturated heterocycles. The van der Waals surface area contributed by atoms with E-state index in [9.17, 15) is 8.42 Å². The lowest BCUT2D eigenvalue weighted by molar-refractivity contribution is 0.280. The third-order valence-electron chi connectivity index (χ3n) is 3.75. The van der Waals surface area contributed by atoms with Crippen LogP contribution in [0, 0.1) is 12.8 Å². The summed E-state index contributed by atoms with van der Waals surface area (Å²) in [6.45, 7) is 3.43. The normalized spacial score (nSPS) is 18.1. The lowest BCUT2D eigenvalue weighted by Crippen LogP contribution is -2.42. The standard InChI is InChI=1S/C13H20ClN3O2S/c1-10-12(14)3-2-4-13(10)16-20(18,19)17-7-5-11(9-15)6-8-17/h2-4,11,16H,5-9,15H2,1H3. The second kappa shape index (κ2) is 6.30. The maximum absolute atomic E-state index is 12.4. The molecule has 1 aliphatic heterocycles. The molecule has 0 spiro atoms. The summed E-state index contributed by atoms with van der Waals surface area (Å²) in [5, 5.41) is 0.548. The summed E-state index contributed by atoms with van der Waals surface area (Å²) >= 11 is 6.00. The minimum absolute atomic E-state index is 0.425. The summed E-state index contributed by atoms with van der Waals surface area (Å²) < 4.78 is 28.8. The lowest BCUT2D eigenvalue weighted by atomic mass is 9.99. The molecule has 2 rings (SSSR count). The van der Waals surface area contributed by atoms with Gasteiger partial charge in [0.15, 0.2) is 0 Å². The van der Waals surface area contributed by atoms with E-state index >= 15 is 0 Å². The van der Waals surface area contributed by atoms with Crippen LogP contribution in [0.4, 0.5) is 5.69 Å². The maximum Gasteiger partial charge on any atom is 0.301 e. The molecular formula is C13H20ClN3O2S. The third kappa shape index (κ3) is 3.44. The first-order valence-corrected chi connectivity index (χ1v) is 8.49. The molecule has 0 amide bonds. The highest BCUT2D eigenvalue weighted by atomic mass is 35.5. The number of nitrogens with one attached hydrogen (secondary N) is 1. The van der Waals surface area contributed by atoms with Gasteiger partial charge in [0.25, 0.3) is 0 Å². The zero-order valence-electron chi connectivity index (χ0n) is 11.5. The molecule has 0 saturated carbocycles. The van der Waals surface area contributed by atoms with Gasteiger partial charge in [-0.05, 0) is 49.9 Å². The van der Waals surface area contributed by atoms with Gasteiger partial charge < -0.3 is 5.73 Å². The van der Waals surface area contributed by atoms with Crippen LogP contribution in [-0.2, 0) is 10.2 Å². The van der Waals surface area contributed by atoms with Crippen LogP contribution in [0.1, 0.15) is 18.4 Å². The monoisotopic (exact) mass is 317 g/mol. The number of nitrogens with two attached hydrogens (primary N) is 1. The Morgan fingerprint density at radius 1 is 1.40 bits per heavy atom. The second-order valence-electron chi connectivity index (χ2n) is 5.10. The lowest BCUT2D eigenvalue weighted by Gasteiger charge is -2.30. The van der Waals surface area contributed by atoms with Crippen LogP contribution >= 0.6 is 11.6 Å². The Labute approximate surface area is 125 Å². The van der Waals surface area contributed by atoms with Gasteiger partial charge in [0.2, 0.25) is 0 Å². The number of nitrogens with zero attached hydrogens (tertiary/aromatic N) is 1. The number of halogens is 1. The number of benzene rings is 1. The van der Waals surface area contributed by atoms with Crippen LogP contribution in [0.3, 0.4) is 0 Å². The number of hydrogen-bond acceptors (Lipinski definition) is 3. The number of piperidine rings is 1. The minimum atomic E-state index is -3.52. The van der Waals surface area contributed by atoms with Crippen molar-refractivity contribution in [3.63, 3.8) is 0 Å². The Kier molecular flexibility index (Phi) is 4.90. The Morgan fingerprint density at radius 2 is 2.05 bits per heavy atom. The molecule has 20 heavy (non-hydrogen) atoms. The Morgan fingerprint density at radius 3 is 2.65 bits per heavy atom. The fourth-order valence-electron chi connectivity index (χ4n) is 2.31. The fraction of sp³-hybridized carbons (Fsp3) is 0.538. The molecule has 1 heterocycles. The Bertz CT molecular complexity index is 569. The molecule has 0 atom stereocenters. The number of anilines is 1. The smallest absolute Gasteiger partial charge is 0.301 e. The Balaban J connectivity index is 2.10. The molecule has 0 aromatic heterocycles. The minimum Gasteiger partial charge on any atom is -0.330 e. The summed E-state index contributed by atoms with van der Waals surface area (Å²) in [6.07, 6.45) is 1.62. The Hall–Kier alpha value is -0.820. The fourth-order valence-corrected chi connectivity index (χ4v) is 3.80. The summed E-state index contributed by atoms with van der Waals surface area (Å²) in [7, 11) is -3.52. The van der Waals surface area contributed by atoms with Crippen molar-refractivity contribution in [1.29, 1.82) is 0 Å². The molecule has 1 aliphatic rings. The molecule has 0 aliphatic carbocycles. The van der Waals surface area contributed by atoms with Gasteiger partial charge in [0, 0.05) is 18.1 Å². The first-order valence-electron chi connectivity index (χ1n) is 6.67. The van der Waals surface area contributed by atoms with E-state index in [0.717, 1.165) is 18.4 Å². The second-order valence-corrected chi connectivity index (χ2v) is 7.18. The quantitative estimate of drug-likeness (QED) is 0.891. The summed E-state index contributed by atoms with van der Waals surface area (Å²) in [5.41, 5.74) is 6.88. The topological polar surface area (TPSA) is 75.4 Å². The van der Waals surface area contributed by atoms with Crippen LogP contribution in [0.25, 0.3) is 0 Å². The molecule has 7 heteroatoms. The van der Waals surface area contributed by atoms with Gasteiger partial charge in [-0.25, -0.2) is 0 Å². The van der Waals surface area contributed by atoms with Gasteiger partial charge in [-0.2, -0.15) is 12.7 Å². The molecule has 1 fully saturated rings. The van der Waals surface area contributed by atoms with E-state index in [2.05, 4.69) is 4.72 Å². The summed E-state index contributed by atoms with van der Waals surface area (Å²) in [4.78, 5) is 0. The average Bonchev–Trinajstić information content (AvgIpc) is 2.44. The van der Waals surface area contributed by atoms with E-state index in [4.69, 9.17) is 17.3 Å². The van der Waals surface area contributed by atoms with Crippen molar-refractivity contribution < 1.29 is 8.42 Å². The largest absolute Gasteiger partial charge is 0.330 e. The third-order valence-corrected chi connectivity index (χ3v) is 5.69. The van der Waals surface area contributed by atoms with E-state index in [1.807, 2.05) is 0 Å². The molecule has 3 N–H and O–H groups in total. The maximum atomic E-state index is 12.4. The molecule has 0 radical (unpaired) electrons. The molecule has 1 aromatic carbocycles. The van der Waals surface area contributed by atoms with E-state index in [-0.39, 0.29) is 0 Å². The van der Waals surface area contributed by atoms with Crippen LogP contribution < -0.4 is 10.5 Å². The van der Waals surface area contributed by atoms with E-state index in [1.54, 1.807) is 25.1 Å². The van der Waals surface area contributed by atoms with Crippen molar-refractivity contribution in [2.45, 2.75) is 19.8 Å². The predicted octanol–water partition coefficient (Wildman–Crippen LogP) is 1.98. The van der Waals surface area contributed by atoms with Gasteiger partial charge >= 0.3 is 10.2 Å². The zero-order chi connectivity index (χ0) is 14.8. The summed E-state index contributed by atoms with van der Waals surface area (Å²) in [5.74, 6) is 0.425. The molecule has 0 bridgehead atoms. The zero-order valence-corrected chi connectivity index (χ0v) is 13.0. The van der Waals surface area contributed by atoms with Gasteiger partial charge in [0.1, 0.15) is 0 Å². The van der Waals surface area contributed by atoms with Gasteiger partial charge in [0.05, 0.1) is 5.69 Å². The number of hydrogen-bond donors (Lipinski definition) is 2. The van der Waals surface area contributed by atoms with Crippen molar-refractivity contribution >= 4 is 27.5 Å². The summed E-state index contributed by atoms with van der Waals surface area (Å²) in [6, 6.07) is 5.18. The van der Waals surface area contributed by atoms with E-state index < -0.39 is 10.2 Å². The first-order chi connectivity index (χ1) is 9.44. The molecular weight excluding hydrogens is 298 g/mol. The van der Waals surface area contributed by atoms with Crippen LogP contribution in [0.5, 0.6) is 0 Å². The van der Waals surface area contributed by atoms with Crippen molar-refractivity contribution in [3.05, 3.63) is 28.8 Å². The number of rotatable bonds is 4. The van der Waals surface area contributed by atoms with Crippen molar-refractivity contribution in [1.82, 2.24) is 4.31 Å². The van der Waals surface area contributed by atoms with E-state index in [0.29, 0.717) is 36.3 Å². The predicted molar refractivity (Wildman–Crippen MR) is 82.1 cm³/mol. The van der Waals surface area contributed by atoms with Crippen LogP contribution in [0.2, 0.25) is 5.02 Å². The average molecular weight is 318 g/mol. The van der Waals surface area contributed by atoms with Gasteiger partial charge in [-0.1, -0.05) is 17.7 Å². The van der Waals surface area contributed by atoms with Crippen molar-refractivity contribution in [2.75, 3.05) is 24.4 Å². The molecule has 112 valence electrons. The van der Waals surface area contributed by atoms with Gasteiger partial charge in [-0.15, -0.1) is 0 Å². The van der Waals surface area contributed by atoms with Crippen molar-refractivity contribution in [2.24, 2.45) is 11.7 Å². The molecule has 5 nitrogen and oxygen atoms in total. The molecule has 0 unspecified atom stereocenters. The van der Waals surface area contributed by atoms with Gasteiger partial charge in [-0.3, -0.25) is 4.72 Å². The van der Waals surface area contributed by atoms with Crippen LogP contribution in [0.15, 0.2) is 18.2 Å². The SMILES string of the molecule is Cc1c(Cl)cccc1NS(=O)(=O)N1CCC(CN)CC1. The highest BCUT2D eigenvalue weighted by Crippen LogP contribution is 2.25. The van der Waals surface area contributed by atoms with E-state index in [1.165, 1.54) is 4.31 Å². The van der Waals surface area contributed by atoms with Crippen molar-refractivity contribution in [3.8, 4) is 0 Å². The molecule has 1 aromatic rings. The van der Waals surface area contributed by atoms with Crippen LogP contribution in [-0.4, -0.2) is 32.4 Å². The first kappa shape index (κ1) is 15.6. The highest BCUT2D eigenvalue weighted by Gasteiger charge is 2.27. The highest BCUT2D eigenvalue weighted by molar-refractivity contribution is 7.90.